The van der Waals surface area contributed by atoms with Crippen molar-refractivity contribution in [3.8, 4) is 0 Å². The van der Waals surface area contributed by atoms with E-state index in [0.717, 1.165) is 41.5 Å². The lowest BCUT2D eigenvalue weighted by Crippen LogP contribution is -2.25. The highest BCUT2D eigenvalue weighted by Crippen LogP contribution is 2.27. The molecule has 0 saturated carbocycles. The smallest absolute Gasteiger partial charge is 0.187 e. The molecule has 1 aliphatic heterocycles. The first-order valence-corrected chi connectivity index (χ1v) is 8.78. The molecule has 2 unspecified atom stereocenters. The van der Waals surface area contributed by atoms with Crippen molar-refractivity contribution in [2.45, 2.75) is 38.4 Å². The molecule has 0 amide bonds. The normalized spacial score (nSPS) is 19.4. The second kappa shape index (κ2) is 8.60. The molecule has 4 heteroatoms. The van der Waals surface area contributed by atoms with Crippen molar-refractivity contribution in [2.75, 3.05) is 6.61 Å². The average Bonchev–Trinajstić information content (AvgIpc) is 2.60. The molecule has 2 aromatic carbocycles. The zero-order chi connectivity index (χ0) is 15.9. The van der Waals surface area contributed by atoms with E-state index in [1.54, 1.807) is 0 Å². The number of halogens is 1. The molecule has 3 nitrogen and oxygen atoms in total. The number of benzene rings is 2. The van der Waals surface area contributed by atoms with Crippen LogP contribution in [0.3, 0.4) is 0 Å². The van der Waals surface area contributed by atoms with Gasteiger partial charge in [0.25, 0.3) is 0 Å². The maximum atomic E-state index is 6.09. The minimum atomic E-state index is -0.434. The number of ether oxygens (including phenoxy) is 3. The molecule has 0 radical (unpaired) electrons. The van der Waals surface area contributed by atoms with Crippen LogP contribution in [0.4, 0.5) is 0 Å². The second-order valence-corrected chi connectivity index (χ2v) is 6.53. The molecule has 0 bridgehead atoms. The van der Waals surface area contributed by atoms with E-state index in [9.17, 15) is 0 Å². The average molecular weight is 377 g/mol. The highest BCUT2D eigenvalue weighted by Gasteiger charge is 2.22. The van der Waals surface area contributed by atoms with Crippen LogP contribution >= 0.6 is 15.9 Å². The van der Waals surface area contributed by atoms with Crippen molar-refractivity contribution in [3.05, 3.63) is 70.2 Å². The fraction of sp³-hybridized carbons (Fsp3) is 0.368. The molecule has 122 valence electrons. The van der Waals surface area contributed by atoms with Gasteiger partial charge in [-0.3, -0.25) is 0 Å². The van der Waals surface area contributed by atoms with E-state index in [1.165, 1.54) is 0 Å². The van der Waals surface area contributed by atoms with Crippen LogP contribution in [0.15, 0.2) is 59.1 Å². The van der Waals surface area contributed by atoms with E-state index < -0.39 is 6.29 Å². The molecule has 1 aliphatic rings. The van der Waals surface area contributed by atoms with E-state index in [0.29, 0.717) is 6.61 Å². The summed E-state index contributed by atoms with van der Waals surface area (Å²) in [6.45, 7) is 1.26. The molecular weight excluding hydrogens is 356 g/mol. The maximum absolute atomic E-state index is 6.09. The number of rotatable bonds is 6. The molecule has 0 spiro atoms. The van der Waals surface area contributed by atoms with Crippen molar-refractivity contribution in [1.82, 2.24) is 0 Å². The van der Waals surface area contributed by atoms with E-state index in [-0.39, 0.29) is 6.29 Å². The van der Waals surface area contributed by atoms with Gasteiger partial charge >= 0.3 is 0 Å². The van der Waals surface area contributed by atoms with Gasteiger partial charge in [0.1, 0.15) is 0 Å². The third-order valence-corrected chi connectivity index (χ3v) is 4.27. The first-order chi connectivity index (χ1) is 11.3. The van der Waals surface area contributed by atoms with Gasteiger partial charge in [0.05, 0.1) is 6.61 Å². The summed E-state index contributed by atoms with van der Waals surface area (Å²) >= 11 is 3.51. The van der Waals surface area contributed by atoms with Gasteiger partial charge in [0, 0.05) is 16.6 Å². The van der Waals surface area contributed by atoms with E-state index in [1.807, 2.05) is 42.5 Å². The fourth-order valence-corrected chi connectivity index (χ4v) is 2.99. The largest absolute Gasteiger partial charge is 0.353 e. The zero-order valence-electron chi connectivity index (χ0n) is 13.0. The zero-order valence-corrected chi connectivity index (χ0v) is 14.6. The van der Waals surface area contributed by atoms with Gasteiger partial charge in [0.2, 0.25) is 0 Å². The molecule has 2 aromatic rings. The van der Waals surface area contributed by atoms with Crippen molar-refractivity contribution in [1.29, 1.82) is 0 Å². The van der Waals surface area contributed by atoms with Crippen molar-refractivity contribution < 1.29 is 14.2 Å². The van der Waals surface area contributed by atoms with Crippen LogP contribution in [0.1, 0.15) is 36.7 Å². The number of hydrogen-bond acceptors (Lipinski definition) is 3. The highest BCUT2D eigenvalue weighted by atomic mass is 79.9. The monoisotopic (exact) mass is 376 g/mol. The Morgan fingerprint density at radius 1 is 1.09 bits per heavy atom. The molecule has 3 rings (SSSR count). The Balaban J connectivity index is 1.69. The number of hydrogen-bond donors (Lipinski definition) is 0. The summed E-state index contributed by atoms with van der Waals surface area (Å²) in [5.74, 6) is 0. The van der Waals surface area contributed by atoms with Gasteiger partial charge in [-0.05, 0) is 37.0 Å². The third-order valence-electron chi connectivity index (χ3n) is 3.78. The lowest BCUT2D eigenvalue weighted by molar-refractivity contribution is -0.263. The molecule has 2 atom stereocenters. The first kappa shape index (κ1) is 16.7. The molecule has 1 saturated heterocycles. The van der Waals surface area contributed by atoms with Gasteiger partial charge < -0.3 is 14.2 Å². The van der Waals surface area contributed by atoms with Crippen LogP contribution in [0.5, 0.6) is 0 Å². The van der Waals surface area contributed by atoms with Crippen LogP contribution in [0.2, 0.25) is 0 Å². The van der Waals surface area contributed by atoms with Gasteiger partial charge in [-0.1, -0.05) is 58.4 Å². The molecule has 1 fully saturated rings. The summed E-state index contributed by atoms with van der Waals surface area (Å²) in [7, 11) is 0. The van der Waals surface area contributed by atoms with Crippen LogP contribution < -0.4 is 0 Å². The Morgan fingerprint density at radius 2 is 1.96 bits per heavy atom. The molecular formula is C19H21BrO3. The molecule has 23 heavy (non-hydrogen) atoms. The Kier molecular flexibility index (Phi) is 6.22. The molecule has 1 heterocycles. The maximum Gasteiger partial charge on any atom is 0.187 e. The summed E-state index contributed by atoms with van der Waals surface area (Å²) in [5, 5.41) is 0. The summed E-state index contributed by atoms with van der Waals surface area (Å²) in [5.41, 5.74) is 2.12. The lowest BCUT2D eigenvalue weighted by Gasteiger charge is -2.28. The highest BCUT2D eigenvalue weighted by molar-refractivity contribution is 9.10. The van der Waals surface area contributed by atoms with Crippen LogP contribution in [-0.2, 0) is 20.8 Å². The van der Waals surface area contributed by atoms with E-state index in [4.69, 9.17) is 14.2 Å². The lowest BCUT2D eigenvalue weighted by atomic mass is 10.2. The first-order valence-electron chi connectivity index (χ1n) is 7.99. The molecule has 0 aliphatic carbocycles. The van der Waals surface area contributed by atoms with Crippen molar-refractivity contribution in [2.24, 2.45) is 0 Å². The van der Waals surface area contributed by atoms with Crippen molar-refractivity contribution in [3.63, 3.8) is 0 Å². The van der Waals surface area contributed by atoms with Crippen LogP contribution in [0, 0.1) is 0 Å². The summed E-state index contributed by atoms with van der Waals surface area (Å²) in [6.07, 6.45) is 2.53. The predicted molar refractivity (Wildman–Crippen MR) is 92.8 cm³/mol. The summed E-state index contributed by atoms with van der Waals surface area (Å²) < 4.78 is 18.8. The SMILES string of the molecule is Brc1cccc(C(OCc2ccccc2)OC2CCCCO2)c1. The minimum absolute atomic E-state index is 0.191. The standard InChI is InChI=1S/C19H21BrO3/c20-17-10-6-9-16(13-17)19(23-18-11-4-5-12-21-18)22-14-15-7-2-1-3-8-15/h1-3,6-10,13,18-19H,4-5,11-12,14H2. The summed E-state index contributed by atoms with van der Waals surface area (Å²) in [4.78, 5) is 0. The quantitative estimate of drug-likeness (QED) is 0.647. The Morgan fingerprint density at radius 3 is 2.70 bits per heavy atom. The van der Waals surface area contributed by atoms with Crippen LogP contribution in [-0.4, -0.2) is 12.9 Å². The van der Waals surface area contributed by atoms with Gasteiger partial charge in [-0.2, -0.15) is 0 Å². The van der Waals surface area contributed by atoms with Gasteiger partial charge in [-0.15, -0.1) is 0 Å². The Hall–Kier alpha value is -1.20. The van der Waals surface area contributed by atoms with Gasteiger partial charge in [0.15, 0.2) is 12.6 Å². The molecule has 0 N–H and O–H groups in total. The minimum Gasteiger partial charge on any atom is -0.353 e. The van der Waals surface area contributed by atoms with E-state index >= 15 is 0 Å². The predicted octanol–water partition coefficient (Wildman–Crippen LogP) is 5.21. The topological polar surface area (TPSA) is 27.7 Å². The van der Waals surface area contributed by atoms with E-state index in [2.05, 4.69) is 28.1 Å². The van der Waals surface area contributed by atoms with Crippen molar-refractivity contribution >= 4 is 15.9 Å². The second-order valence-electron chi connectivity index (χ2n) is 5.62. The third kappa shape index (κ3) is 5.15. The fourth-order valence-electron chi connectivity index (χ4n) is 2.57. The Bertz CT molecular complexity index is 597. The Labute approximate surface area is 145 Å². The molecule has 0 aromatic heterocycles. The summed E-state index contributed by atoms with van der Waals surface area (Å²) in [6, 6.07) is 18.2. The van der Waals surface area contributed by atoms with Crippen LogP contribution in [0.25, 0.3) is 0 Å². The van der Waals surface area contributed by atoms with Gasteiger partial charge in [-0.25, -0.2) is 0 Å².